The highest BCUT2D eigenvalue weighted by Crippen LogP contribution is 2.31. The van der Waals surface area contributed by atoms with E-state index in [0.717, 1.165) is 42.0 Å². The number of ether oxygens (including phenoxy) is 2. The quantitative estimate of drug-likeness (QED) is 0.922. The summed E-state index contributed by atoms with van der Waals surface area (Å²) in [6.45, 7) is 3.36. The van der Waals surface area contributed by atoms with Gasteiger partial charge in [0.15, 0.2) is 0 Å². The van der Waals surface area contributed by atoms with E-state index in [9.17, 15) is 4.79 Å². The predicted molar refractivity (Wildman–Crippen MR) is 92.5 cm³/mol. The summed E-state index contributed by atoms with van der Waals surface area (Å²) in [5.74, 6) is 0.973. The Morgan fingerprint density at radius 3 is 3.08 bits per heavy atom. The van der Waals surface area contributed by atoms with E-state index in [-0.39, 0.29) is 18.1 Å². The summed E-state index contributed by atoms with van der Waals surface area (Å²) in [5.41, 5.74) is 4.22. The first kappa shape index (κ1) is 16.1. The van der Waals surface area contributed by atoms with Crippen LogP contribution in [0.4, 0.5) is 0 Å². The molecular weight excluding hydrogens is 318 g/mol. The number of carbonyl (C=O) groups excluding carboxylic acids is 1. The van der Waals surface area contributed by atoms with Crippen molar-refractivity contribution in [2.24, 2.45) is 7.05 Å². The molecule has 0 unspecified atom stereocenters. The number of hydrogen-bond acceptors (Lipinski definition) is 4. The Bertz CT molecular complexity index is 799. The maximum Gasteiger partial charge on any atom is 0.224 e. The Kier molecular flexibility index (Phi) is 4.21. The Labute approximate surface area is 147 Å². The third kappa shape index (κ3) is 3.26. The van der Waals surface area contributed by atoms with E-state index in [1.54, 1.807) is 4.68 Å². The van der Waals surface area contributed by atoms with Crippen molar-refractivity contribution in [2.75, 3.05) is 13.2 Å². The molecule has 3 heterocycles. The highest BCUT2D eigenvalue weighted by molar-refractivity contribution is 5.79. The SMILES string of the molecule is Cc1nn(C)cc1[C@H]1OCC[C@@H]1NC(=O)Cc1ccc2c(c1)CCO2. The molecule has 0 spiro atoms. The predicted octanol–water partition coefficient (Wildman–Crippen LogP) is 1.85. The summed E-state index contributed by atoms with van der Waals surface area (Å²) in [7, 11) is 1.90. The van der Waals surface area contributed by atoms with Crippen LogP contribution >= 0.6 is 0 Å². The van der Waals surface area contributed by atoms with Crippen molar-refractivity contribution >= 4 is 5.91 Å². The molecule has 2 atom stereocenters. The van der Waals surface area contributed by atoms with E-state index in [2.05, 4.69) is 16.5 Å². The molecule has 1 aromatic carbocycles. The molecule has 1 saturated heterocycles. The lowest BCUT2D eigenvalue weighted by molar-refractivity contribution is -0.121. The van der Waals surface area contributed by atoms with Crippen LogP contribution in [0.5, 0.6) is 5.75 Å². The number of aryl methyl sites for hydroxylation is 2. The van der Waals surface area contributed by atoms with Crippen LogP contribution in [-0.2, 0) is 29.4 Å². The first-order valence-corrected chi connectivity index (χ1v) is 8.76. The van der Waals surface area contributed by atoms with E-state index < -0.39 is 0 Å². The van der Waals surface area contributed by atoms with Gasteiger partial charge in [-0.1, -0.05) is 12.1 Å². The fraction of sp³-hybridized carbons (Fsp3) is 0.474. The maximum atomic E-state index is 12.5. The number of nitrogens with one attached hydrogen (secondary N) is 1. The van der Waals surface area contributed by atoms with Crippen LogP contribution in [0.2, 0.25) is 0 Å². The molecule has 2 aromatic rings. The van der Waals surface area contributed by atoms with Gasteiger partial charge in [-0.3, -0.25) is 9.48 Å². The van der Waals surface area contributed by atoms with E-state index in [1.165, 1.54) is 5.56 Å². The Balaban J connectivity index is 1.42. The molecule has 4 rings (SSSR count). The molecule has 0 saturated carbocycles. The summed E-state index contributed by atoms with van der Waals surface area (Å²) >= 11 is 0. The number of amides is 1. The largest absolute Gasteiger partial charge is 0.493 e. The third-order valence-corrected chi connectivity index (χ3v) is 4.91. The molecule has 0 aliphatic carbocycles. The second-order valence-electron chi connectivity index (χ2n) is 6.81. The summed E-state index contributed by atoms with van der Waals surface area (Å²) < 4.78 is 13.2. The van der Waals surface area contributed by atoms with Crippen LogP contribution in [0.25, 0.3) is 0 Å². The fourth-order valence-corrected chi connectivity index (χ4v) is 3.73. The molecule has 2 aliphatic heterocycles. The topological polar surface area (TPSA) is 65.4 Å². The summed E-state index contributed by atoms with van der Waals surface area (Å²) in [4.78, 5) is 12.5. The molecular formula is C19H23N3O3. The lowest BCUT2D eigenvalue weighted by Crippen LogP contribution is -2.37. The lowest BCUT2D eigenvalue weighted by atomic mass is 10.0. The average Bonchev–Trinajstić information content (AvgIpc) is 3.27. The van der Waals surface area contributed by atoms with Gasteiger partial charge in [0.1, 0.15) is 11.9 Å². The minimum Gasteiger partial charge on any atom is -0.493 e. The van der Waals surface area contributed by atoms with E-state index in [1.807, 2.05) is 32.3 Å². The van der Waals surface area contributed by atoms with E-state index in [0.29, 0.717) is 13.0 Å². The number of carbonyl (C=O) groups is 1. The van der Waals surface area contributed by atoms with Gasteiger partial charge in [-0.2, -0.15) is 5.10 Å². The zero-order valence-electron chi connectivity index (χ0n) is 14.6. The fourth-order valence-electron chi connectivity index (χ4n) is 3.73. The Morgan fingerprint density at radius 2 is 2.28 bits per heavy atom. The molecule has 0 bridgehead atoms. The molecule has 25 heavy (non-hydrogen) atoms. The van der Waals surface area contributed by atoms with Gasteiger partial charge in [-0.15, -0.1) is 0 Å². The van der Waals surface area contributed by atoms with Crippen molar-refractivity contribution in [3.05, 3.63) is 46.8 Å². The van der Waals surface area contributed by atoms with E-state index >= 15 is 0 Å². The van der Waals surface area contributed by atoms with Crippen molar-refractivity contribution in [1.29, 1.82) is 0 Å². The highest BCUT2D eigenvalue weighted by Gasteiger charge is 2.33. The second-order valence-corrected chi connectivity index (χ2v) is 6.81. The van der Waals surface area contributed by atoms with Crippen LogP contribution in [0.1, 0.15) is 34.9 Å². The van der Waals surface area contributed by atoms with Gasteiger partial charge in [0.2, 0.25) is 5.91 Å². The van der Waals surface area contributed by atoms with Gasteiger partial charge in [-0.05, 0) is 30.5 Å². The summed E-state index contributed by atoms with van der Waals surface area (Å²) in [6, 6.07) is 6.01. The number of rotatable bonds is 4. The maximum absolute atomic E-state index is 12.5. The zero-order chi connectivity index (χ0) is 17.4. The van der Waals surface area contributed by atoms with Crippen molar-refractivity contribution in [2.45, 2.75) is 38.3 Å². The monoisotopic (exact) mass is 341 g/mol. The molecule has 132 valence electrons. The van der Waals surface area contributed by atoms with Gasteiger partial charge in [0.25, 0.3) is 0 Å². The lowest BCUT2D eigenvalue weighted by Gasteiger charge is -2.19. The van der Waals surface area contributed by atoms with Crippen LogP contribution < -0.4 is 10.1 Å². The van der Waals surface area contributed by atoms with Crippen LogP contribution in [0.15, 0.2) is 24.4 Å². The Morgan fingerprint density at radius 1 is 1.40 bits per heavy atom. The van der Waals surface area contributed by atoms with Gasteiger partial charge in [0, 0.05) is 31.8 Å². The smallest absolute Gasteiger partial charge is 0.224 e. The second kappa shape index (κ2) is 6.52. The number of aromatic nitrogens is 2. The summed E-state index contributed by atoms with van der Waals surface area (Å²) in [5, 5.41) is 7.53. The minimum absolute atomic E-state index is 0.00633. The van der Waals surface area contributed by atoms with Crippen molar-refractivity contribution in [3.63, 3.8) is 0 Å². The average molecular weight is 341 g/mol. The van der Waals surface area contributed by atoms with Crippen molar-refractivity contribution < 1.29 is 14.3 Å². The highest BCUT2D eigenvalue weighted by atomic mass is 16.5. The zero-order valence-corrected chi connectivity index (χ0v) is 14.6. The summed E-state index contributed by atoms with van der Waals surface area (Å²) in [6.07, 6.45) is 3.98. The van der Waals surface area contributed by atoms with Crippen LogP contribution in [0.3, 0.4) is 0 Å². The van der Waals surface area contributed by atoms with Crippen molar-refractivity contribution in [3.8, 4) is 5.75 Å². The van der Waals surface area contributed by atoms with Crippen LogP contribution in [0, 0.1) is 6.92 Å². The molecule has 1 aromatic heterocycles. The normalized spacial score (nSPS) is 21.8. The minimum atomic E-state index is -0.119. The first-order valence-electron chi connectivity index (χ1n) is 8.76. The number of hydrogen-bond donors (Lipinski definition) is 1. The van der Waals surface area contributed by atoms with Crippen LogP contribution in [-0.4, -0.2) is 34.9 Å². The van der Waals surface area contributed by atoms with Gasteiger partial charge in [-0.25, -0.2) is 0 Å². The first-order chi connectivity index (χ1) is 12.1. The van der Waals surface area contributed by atoms with Gasteiger partial charge < -0.3 is 14.8 Å². The molecule has 1 fully saturated rings. The molecule has 1 amide bonds. The van der Waals surface area contributed by atoms with E-state index in [4.69, 9.17) is 9.47 Å². The van der Waals surface area contributed by atoms with Gasteiger partial charge >= 0.3 is 0 Å². The number of fused-ring (bicyclic) bond motifs is 1. The number of benzene rings is 1. The molecule has 6 heteroatoms. The standard InChI is InChI=1S/C19H23N3O3/c1-12-15(11-22(2)21-12)19-16(6-8-25-19)20-18(23)10-13-3-4-17-14(9-13)5-7-24-17/h3-4,9,11,16,19H,5-8,10H2,1-2H3,(H,20,23)/t16-,19+/m0/s1. The van der Waals surface area contributed by atoms with Gasteiger partial charge in [0.05, 0.1) is 24.8 Å². The third-order valence-electron chi connectivity index (χ3n) is 4.91. The molecule has 1 N–H and O–H groups in total. The number of nitrogens with zero attached hydrogens (tertiary/aromatic N) is 2. The molecule has 2 aliphatic rings. The van der Waals surface area contributed by atoms with Crippen molar-refractivity contribution in [1.82, 2.24) is 15.1 Å². The Hall–Kier alpha value is -2.34. The molecule has 0 radical (unpaired) electrons. The molecule has 6 nitrogen and oxygen atoms in total.